The maximum Gasteiger partial charge on any atom is 0.433 e. The van der Waals surface area contributed by atoms with Crippen LogP contribution < -0.4 is 10.6 Å². The third-order valence-electron chi connectivity index (χ3n) is 3.04. The van der Waals surface area contributed by atoms with Crippen LogP contribution in [0.25, 0.3) is 0 Å². The molecule has 1 heterocycles. The van der Waals surface area contributed by atoms with Crippen molar-refractivity contribution in [3.05, 3.63) is 18.0 Å². The number of anilines is 2. The van der Waals surface area contributed by atoms with Gasteiger partial charge in [0.1, 0.15) is 5.69 Å². The maximum atomic E-state index is 12.7. The van der Waals surface area contributed by atoms with Gasteiger partial charge in [0.25, 0.3) is 0 Å². The minimum atomic E-state index is -4.46. The molecule has 2 rings (SSSR count). The Labute approximate surface area is 109 Å². The molecule has 2 N–H and O–H groups in total. The Bertz CT molecular complexity index is 446. The maximum absolute atomic E-state index is 12.7. The molecule has 0 aromatic carbocycles. The van der Waals surface area contributed by atoms with Gasteiger partial charge in [-0.2, -0.15) is 13.2 Å². The highest BCUT2D eigenvalue weighted by molar-refractivity contribution is 5.68. The molecule has 106 valence electrons. The van der Waals surface area contributed by atoms with Crippen LogP contribution in [-0.2, 0) is 10.9 Å². The van der Waals surface area contributed by atoms with Crippen molar-refractivity contribution in [3.63, 3.8) is 0 Å². The quantitative estimate of drug-likeness (QED) is 0.895. The second-order valence-corrected chi connectivity index (χ2v) is 4.54. The molecule has 19 heavy (non-hydrogen) atoms. The molecular formula is C12H16F3N3O. The van der Waals surface area contributed by atoms with E-state index in [-0.39, 0.29) is 11.7 Å². The van der Waals surface area contributed by atoms with Crippen molar-refractivity contribution in [1.29, 1.82) is 0 Å². The van der Waals surface area contributed by atoms with Gasteiger partial charge in [-0.3, -0.25) is 0 Å². The van der Waals surface area contributed by atoms with Gasteiger partial charge < -0.3 is 15.4 Å². The van der Waals surface area contributed by atoms with Crippen molar-refractivity contribution in [1.82, 2.24) is 4.98 Å². The fourth-order valence-corrected chi connectivity index (χ4v) is 1.93. The Morgan fingerprint density at radius 1 is 1.47 bits per heavy atom. The van der Waals surface area contributed by atoms with Crippen LogP contribution in [0.4, 0.5) is 24.5 Å². The van der Waals surface area contributed by atoms with Gasteiger partial charge >= 0.3 is 6.18 Å². The Balaban J connectivity index is 2.29. The fourth-order valence-electron chi connectivity index (χ4n) is 1.93. The van der Waals surface area contributed by atoms with Crippen molar-refractivity contribution < 1.29 is 17.9 Å². The number of nitrogen functional groups attached to an aromatic ring is 1. The summed E-state index contributed by atoms with van der Waals surface area (Å²) in [6.45, 7) is 0.965. The number of halogens is 3. The second kappa shape index (κ2) is 5.24. The lowest BCUT2D eigenvalue weighted by Crippen LogP contribution is -2.30. The zero-order chi connectivity index (χ0) is 14.0. The van der Waals surface area contributed by atoms with Gasteiger partial charge in [-0.15, -0.1) is 0 Å². The predicted molar refractivity (Wildman–Crippen MR) is 65.9 cm³/mol. The van der Waals surface area contributed by atoms with Crippen LogP contribution in [0.15, 0.2) is 12.3 Å². The summed E-state index contributed by atoms with van der Waals surface area (Å²) in [5.74, 6) is 0. The average Bonchev–Trinajstić information content (AvgIpc) is 3.14. The van der Waals surface area contributed by atoms with Crippen molar-refractivity contribution in [3.8, 4) is 0 Å². The molecule has 7 heteroatoms. The monoisotopic (exact) mass is 275 g/mol. The average molecular weight is 275 g/mol. The fraction of sp³-hybridized carbons (Fsp3) is 0.583. The summed E-state index contributed by atoms with van der Waals surface area (Å²) < 4.78 is 43.0. The molecule has 0 unspecified atom stereocenters. The third-order valence-corrected chi connectivity index (χ3v) is 3.04. The Kier molecular flexibility index (Phi) is 3.84. The molecule has 0 bridgehead atoms. The Hall–Kier alpha value is -1.50. The van der Waals surface area contributed by atoms with Gasteiger partial charge in [-0.1, -0.05) is 0 Å². The van der Waals surface area contributed by atoms with E-state index in [2.05, 4.69) is 4.98 Å². The molecule has 1 fully saturated rings. The number of nitrogens with two attached hydrogens (primary N) is 1. The number of pyridine rings is 1. The summed E-state index contributed by atoms with van der Waals surface area (Å²) in [4.78, 5) is 5.22. The summed E-state index contributed by atoms with van der Waals surface area (Å²) in [7, 11) is 1.56. The predicted octanol–water partition coefficient (Wildman–Crippen LogP) is 2.30. The summed E-state index contributed by atoms with van der Waals surface area (Å²) >= 11 is 0. The van der Waals surface area contributed by atoms with Crippen molar-refractivity contribution in [2.24, 2.45) is 0 Å². The smallest absolute Gasteiger partial charge is 0.396 e. The molecule has 4 nitrogen and oxygen atoms in total. The van der Waals surface area contributed by atoms with Crippen molar-refractivity contribution >= 4 is 11.4 Å². The van der Waals surface area contributed by atoms with Gasteiger partial charge in [0.05, 0.1) is 24.2 Å². The first-order valence-corrected chi connectivity index (χ1v) is 6.01. The lowest BCUT2D eigenvalue weighted by Gasteiger charge is -2.26. The molecule has 1 aromatic heterocycles. The number of aromatic nitrogens is 1. The first-order chi connectivity index (χ1) is 8.93. The summed E-state index contributed by atoms with van der Waals surface area (Å²) in [5.41, 5.74) is 5.49. The zero-order valence-electron chi connectivity index (χ0n) is 10.6. The first kappa shape index (κ1) is 13.9. The van der Waals surface area contributed by atoms with E-state index in [4.69, 9.17) is 10.5 Å². The molecule has 1 aromatic rings. The van der Waals surface area contributed by atoms with Crippen molar-refractivity contribution in [2.45, 2.75) is 25.1 Å². The number of rotatable bonds is 5. The van der Waals surface area contributed by atoms with Crippen LogP contribution in [0.5, 0.6) is 0 Å². The van der Waals surface area contributed by atoms with E-state index < -0.39 is 11.9 Å². The van der Waals surface area contributed by atoms with Crippen molar-refractivity contribution in [2.75, 3.05) is 30.9 Å². The second-order valence-electron chi connectivity index (χ2n) is 4.54. The molecule has 1 saturated carbocycles. The van der Waals surface area contributed by atoms with E-state index in [0.29, 0.717) is 18.8 Å². The largest absolute Gasteiger partial charge is 0.433 e. The standard InChI is InChI=1S/C12H16F3N3O/c1-19-5-4-18(8-2-3-8)10-6-11(12(13,14)15)17-7-9(10)16/h6-8H,2-5,16H2,1H3. The van der Waals surface area contributed by atoms with Gasteiger partial charge in [0, 0.05) is 19.7 Å². The number of hydrogen-bond acceptors (Lipinski definition) is 4. The molecule has 0 radical (unpaired) electrons. The number of ether oxygens (including phenoxy) is 1. The van der Waals surface area contributed by atoms with Crippen LogP contribution in [0, 0.1) is 0 Å². The molecule has 0 saturated heterocycles. The van der Waals surface area contributed by atoms with E-state index in [9.17, 15) is 13.2 Å². The van der Waals surface area contributed by atoms with Crippen LogP contribution in [0.2, 0.25) is 0 Å². The summed E-state index contributed by atoms with van der Waals surface area (Å²) in [6.07, 6.45) is -1.46. The van der Waals surface area contributed by atoms with E-state index in [1.165, 1.54) is 0 Å². The minimum absolute atomic E-state index is 0.251. The molecular weight excluding hydrogens is 259 g/mol. The van der Waals surface area contributed by atoms with Crippen LogP contribution >= 0.6 is 0 Å². The lowest BCUT2D eigenvalue weighted by atomic mass is 10.2. The number of methoxy groups -OCH3 is 1. The molecule has 1 aliphatic rings. The molecule has 0 aliphatic heterocycles. The summed E-state index contributed by atoms with van der Waals surface area (Å²) in [5, 5.41) is 0. The van der Waals surface area contributed by atoms with Gasteiger partial charge in [-0.05, 0) is 18.9 Å². The number of nitrogens with zero attached hydrogens (tertiary/aromatic N) is 2. The highest BCUT2D eigenvalue weighted by atomic mass is 19.4. The topological polar surface area (TPSA) is 51.4 Å². The molecule has 1 aliphatic carbocycles. The van der Waals surface area contributed by atoms with Gasteiger partial charge in [0.2, 0.25) is 0 Å². The Morgan fingerprint density at radius 2 is 2.16 bits per heavy atom. The van der Waals surface area contributed by atoms with Crippen LogP contribution in [-0.4, -0.2) is 31.3 Å². The van der Waals surface area contributed by atoms with Gasteiger partial charge in [0.15, 0.2) is 0 Å². The summed E-state index contributed by atoms with van der Waals surface area (Å²) in [6, 6.07) is 1.27. The van der Waals surface area contributed by atoms with Gasteiger partial charge in [-0.25, -0.2) is 4.98 Å². The van der Waals surface area contributed by atoms with E-state index in [1.807, 2.05) is 4.90 Å². The van der Waals surface area contributed by atoms with E-state index >= 15 is 0 Å². The number of hydrogen-bond donors (Lipinski definition) is 1. The van der Waals surface area contributed by atoms with Crippen LogP contribution in [0.1, 0.15) is 18.5 Å². The molecule has 0 amide bonds. The Morgan fingerprint density at radius 3 is 2.68 bits per heavy atom. The minimum Gasteiger partial charge on any atom is -0.396 e. The first-order valence-electron chi connectivity index (χ1n) is 6.01. The van der Waals surface area contributed by atoms with E-state index in [0.717, 1.165) is 25.1 Å². The third kappa shape index (κ3) is 3.28. The van der Waals surface area contributed by atoms with E-state index in [1.54, 1.807) is 7.11 Å². The zero-order valence-corrected chi connectivity index (χ0v) is 10.6. The SMILES string of the molecule is COCCN(c1cc(C(F)(F)F)ncc1N)C1CC1. The lowest BCUT2D eigenvalue weighted by molar-refractivity contribution is -0.141. The molecule has 0 spiro atoms. The van der Waals surface area contributed by atoms with Crippen LogP contribution in [0.3, 0.4) is 0 Å². The normalized spacial score (nSPS) is 15.6. The number of alkyl halides is 3. The highest BCUT2D eigenvalue weighted by Gasteiger charge is 2.35. The highest BCUT2D eigenvalue weighted by Crippen LogP contribution is 2.37. The molecule has 0 atom stereocenters.